The third-order valence-corrected chi connectivity index (χ3v) is 17.1. The lowest BCUT2D eigenvalue weighted by Gasteiger charge is -2.21. The molecule has 4 unspecified atom stereocenters. The van der Waals surface area contributed by atoms with Crippen LogP contribution in [0.5, 0.6) is 0 Å². The van der Waals surface area contributed by atoms with Crippen LogP contribution in [0.25, 0.3) is 0 Å². The van der Waals surface area contributed by atoms with Crippen LogP contribution in [0.3, 0.4) is 0 Å². The Hall–Kier alpha value is -1.94. The second-order valence-electron chi connectivity index (χ2n) is 25.2. The van der Waals surface area contributed by atoms with Gasteiger partial charge >= 0.3 is 39.5 Å². The number of phosphoric ester groups is 2. The average Bonchev–Trinajstić information content (AvgIpc) is 3.44. The molecule has 3 N–H and O–H groups in total. The third-order valence-electron chi connectivity index (χ3n) is 15.2. The predicted octanol–water partition coefficient (Wildman–Crippen LogP) is 17.8. The van der Waals surface area contributed by atoms with E-state index in [9.17, 15) is 43.2 Å². The molecule has 0 aromatic carbocycles. The molecule has 0 aliphatic carbocycles. The molecule has 19 heteroatoms. The van der Waals surface area contributed by atoms with Crippen molar-refractivity contribution in [2.24, 2.45) is 23.7 Å². The van der Waals surface area contributed by atoms with Gasteiger partial charge in [-0.1, -0.05) is 261 Å². The highest BCUT2D eigenvalue weighted by molar-refractivity contribution is 7.47. The van der Waals surface area contributed by atoms with Crippen molar-refractivity contribution >= 4 is 39.5 Å². The number of ether oxygens (including phenoxy) is 4. The monoisotopic (exact) mass is 1240 g/mol. The molecule has 6 atom stereocenters. The quantitative estimate of drug-likeness (QED) is 0.0222. The number of rotatable bonds is 62. The molecule has 498 valence electrons. The van der Waals surface area contributed by atoms with Gasteiger partial charge in [0.15, 0.2) is 12.2 Å². The molecule has 84 heavy (non-hydrogen) atoms. The Kier molecular flexibility index (Phi) is 53.9. The Bertz CT molecular complexity index is 1680. The van der Waals surface area contributed by atoms with Crippen LogP contribution in [0.1, 0.15) is 312 Å². The molecule has 0 saturated heterocycles. The van der Waals surface area contributed by atoms with Gasteiger partial charge in [0.2, 0.25) is 0 Å². The van der Waals surface area contributed by atoms with E-state index in [0.29, 0.717) is 37.5 Å². The second-order valence-corrected chi connectivity index (χ2v) is 28.1. The minimum absolute atomic E-state index is 0.103. The first-order valence-electron chi connectivity index (χ1n) is 33.7. The summed E-state index contributed by atoms with van der Waals surface area (Å²) in [6.07, 6.45) is 35.0. The van der Waals surface area contributed by atoms with E-state index in [-0.39, 0.29) is 25.7 Å². The van der Waals surface area contributed by atoms with Crippen molar-refractivity contribution in [3.05, 3.63) is 0 Å². The number of carbonyl (C=O) groups excluding carboxylic acids is 4. The molecule has 17 nitrogen and oxygen atoms in total. The van der Waals surface area contributed by atoms with Crippen LogP contribution in [-0.4, -0.2) is 96.7 Å². The number of hydrogen-bond acceptors (Lipinski definition) is 15. The molecular formula is C65H126O17P2. The van der Waals surface area contributed by atoms with E-state index in [0.717, 1.165) is 115 Å². The molecule has 0 fully saturated rings. The number of unbranched alkanes of at least 4 members (excludes halogenated alkanes) is 27. The van der Waals surface area contributed by atoms with Crippen molar-refractivity contribution in [3.63, 3.8) is 0 Å². The van der Waals surface area contributed by atoms with E-state index in [4.69, 9.17) is 37.0 Å². The van der Waals surface area contributed by atoms with Gasteiger partial charge in [0.05, 0.1) is 26.4 Å². The maximum absolute atomic E-state index is 13.0. The van der Waals surface area contributed by atoms with Crippen LogP contribution in [0.4, 0.5) is 0 Å². The Morgan fingerprint density at radius 1 is 0.333 bits per heavy atom. The van der Waals surface area contributed by atoms with Gasteiger partial charge < -0.3 is 33.8 Å². The van der Waals surface area contributed by atoms with Gasteiger partial charge in [0.25, 0.3) is 0 Å². The fourth-order valence-corrected chi connectivity index (χ4v) is 11.2. The van der Waals surface area contributed by atoms with Gasteiger partial charge in [-0.25, -0.2) is 9.13 Å². The summed E-state index contributed by atoms with van der Waals surface area (Å²) >= 11 is 0. The molecular weight excluding hydrogens is 1110 g/mol. The SMILES string of the molecule is CCC(C)CCCCCCCCCCCCC(=O)O[C@H](COC(=O)CCCCCCCCC(C)C)COP(=O)(O)OCC(O)COP(=O)(O)OC[C@@H](COC(=O)CCCCCCCCCC(C)C)OC(=O)CCCCCCCCCCC(C)C. The molecule has 0 radical (unpaired) electrons. The van der Waals surface area contributed by atoms with E-state index >= 15 is 0 Å². The van der Waals surface area contributed by atoms with Crippen LogP contribution in [0.2, 0.25) is 0 Å². The first kappa shape index (κ1) is 82.1. The highest BCUT2D eigenvalue weighted by atomic mass is 31.2. The van der Waals surface area contributed by atoms with Crippen LogP contribution in [0.15, 0.2) is 0 Å². The summed E-state index contributed by atoms with van der Waals surface area (Å²) in [5.74, 6) is 0.765. The zero-order valence-corrected chi connectivity index (χ0v) is 56.3. The van der Waals surface area contributed by atoms with Gasteiger partial charge in [-0.2, -0.15) is 0 Å². The predicted molar refractivity (Wildman–Crippen MR) is 335 cm³/mol. The molecule has 0 heterocycles. The summed E-state index contributed by atoms with van der Waals surface area (Å²) in [5.41, 5.74) is 0. The standard InChI is InChI=1S/C65H126O17P2/c1-9-58(8)44-36-28-19-12-10-11-13-20-31-39-47-64(69)81-61(52-76-63(68)46-38-30-24-23-27-35-43-57(6)7)54-80-84(73,74)78-50-59(66)49-77-83(71,72)79-53-60(51-75-62(67)45-37-29-22-16-18-26-34-42-56(4)5)82-65(70)48-40-32-21-15-14-17-25-33-41-55(2)3/h55-61,66H,9-54H2,1-8H3,(H,71,72)(H,73,74)/t58?,59?,60-,61-/m1/s1. The average molecular weight is 1240 g/mol. The summed E-state index contributed by atoms with van der Waals surface area (Å²) in [4.78, 5) is 72.2. The zero-order valence-electron chi connectivity index (χ0n) is 54.5. The van der Waals surface area contributed by atoms with Crippen molar-refractivity contribution in [2.45, 2.75) is 331 Å². The first-order chi connectivity index (χ1) is 40.1. The summed E-state index contributed by atoms with van der Waals surface area (Å²) < 4.78 is 68.0. The lowest BCUT2D eigenvalue weighted by molar-refractivity contribution is -0.161. The van der Waals surface area contributed by atoms with E-state index in [1.54, 1.807) is 0 Å². The molecule has 0 spiro atoms. The summed E-state index contributed by atoms with van der Waals surface area (Å²) in [6, 6.07) is 0. The lowest BCUT2D eigenvalue weighted by atomic mass is 9.99. The summed E-state index contributed by atoms with van der Waals surface area (Å²) in [5, 5.41) is 10.5. The maximum atomic E-state index is 13.0. The van der Waals surface area contributed by atoms with Crippen molar-refractivity contribution in [1.82, 2.24) is 0 Å². The van der Waals surface area contributed by atoms with E-state index in [2.05, 4.69) is 55.4 Å². The van der Waals surface area contributed by atoms with Crippen molar-refractivity contribution in [1.29, 1.82) is 0 Å². The van der Waals surface area contributed by atoms with Crippen LogP contribution in [-0.2, 0) is 65.4 Å². The van der Waals surface area contributed by atoms with Gasteiger partial charge in [-0.15, -0.1) is 0 Å². The fourth-order valence-electron chi connectivity index (χ4n) is 9.57. The van der Waals surface area contributed by atoms with Gasteiger partial charge in [0.1, 0.15) is 19.3 Å². The minimum atomic E-state index is -4.95. The summed E-state index contributed by atoms with van der Waals surface area (Å²) in [7, 11) is -9.89. The Morgan fingerprint density at radius 3 is 0.845 bits per heavy atom. The second kappa shape index (κ2) is 55.2. The number of aliphatic hydroxyl groups is 1. The van der Waals surface area contributed by atoms with E-state index in [1.807, 2.05) is 0 Å². The lowest BCUT2D eigenvalue weighted by Crippen LogP contribution is -2.30. The van der Waals surface area contributed by atoms with Crippen molar-refractivity contribution in [2.75, 3.05) is 39.6 Å². The topological polar surface area (TPSA) is 237 Å². The van der Waals surface area contributed by atoms with E-state index < -0.39 is 97.5 Å². The Balaban J connectivity index is 5.25. The van der Waals surface area contributed by atoms with Gasteiger partial charge in [-0.05, 0) is 49.4 Å². The largest absolute Gasteiger partial charge is 0.472 e. The highest BCUT2D eigenvalue weighted by Gasteiger charge is 2.30. The number of hydrogen-bond donors (Lipinski definition) is 3. The van der Waals surface area contributed by atoms with Crippen molar-refractivity contribution < 1.29 is 80.2 Å². The molecule has 0 amide bonds. The number of phosphoric acid groups is 2. The van der Waals surface area contributed by atoms with Gasteiger partial charge in [0, 0.05) is 25.7 Å². The van der Waals surface area contributed by atoms with Crippen molar-refractivity contribution in [3.8, 4) is 0 Å². The molecule has 0 saturated carbocycles. The molecule has 0 rings (SSSR count). The molecule has 0 aromatic heterocycles. The number of aliphatic hydroxyl groups excluding tert-OH is 1. The molecule has 0 bridgehead atoms. The number of esters is 4. The maximum Gasteiger partial charge on any atom is 0.472 e. The molecule has 0 aliphatic rings. The molecule has 0 aromatic rings. The van der Waals surface area contributed by atoms with Crippen LogP contribution < -0.4 is 0 Å². The smallest absolute Gasteiger partial charge is 0.462 e. The van der Waals surface area contributed by atoms with Crippen LogP contribution in [0, 0.1) is 23.7 Å². The number of carbonyl (C=O) groups is 4. The van der Waals surface area contributed by atoms with Crippen LogP contribution >= 0.6 is 15.6 Å². The Labute approximate surface area is 511 Å². The zero-order chi connectivity index (χ0) is 62.5. The molecule has 0 aliphatic heterocycles. The Morgan fingerprint density at radius 2 is 0.571 bits per heavy atom. The summed E-state index contributed by atoms with van der Waals surface area (Å²) in [6.45, 7) is 13.9. The third kappa shape index (κ3) is 57.8. The fraction of sp³-hybridized carbons (Fsp3) is 0.938. The van der Waals surface area contributed by atoms with Gasteiger partial charge in [-0.3, -0.25) is 37.3 Å². The first-order valence-corrected chi connectivity index (χ1v) is 36.7. The minimum Gasteiger partial charge on any atom is -0.462 e. The normalized spacial score (nSPS) is 14.7. The highest BCUT2D eigenvalue weighted by Crippen LogP contribution is 2.45. The van der Waals surface area contributed by atoms with E-state index in [1.165, 1.54) is 103 Å².